The molecule has 0 amide bonds. The summed E-state index contributed by atoms with van der Waals surface area (Å²) in [6.07, 6.45) is 21.0. The number of carbonyl (C=O) groups excluding carboxylic acids is 2. The highest BCUT2D eigenvalue weighted by Gasteiger charge is 2.21. The Bertz CT molecular complexity index is 566. The van der Waals surface area contributed by atoms with Crippen LogP contribution in [0.2, 0.25) is 0 Å². The molecule has 0 aliphatic rings. The largest absolute Gasteiger partial charge is 0.481 e. The highest BCUT2D eigenvalue weighted by atomic mass is 16.6. The molecule has 37 heavy (non-hydrogen) atoms. The van der Waals surface area contributed by atoms with E-state index >= 15 is 0 Å². The predicted molar refractivity (Wildman–Crippen MR) is 144 cm³/mol. The van der Waals surface area contributed by atoms with E-state index in [1.807, 2.05) is 0 Å². The number of ether oxygens (including phenoxy) is 2. The van der Waals surface area contributed by atoms with E-state index in [1.54, 1.807) is 0 Å². The number of aliphatic hydroxyl groups excluding tert-OH is 2. The highest BCUT2D eigenvalue weighted by molar-refractivity contribution is 5.80. The molecule has 8 heteroatoms. The van der Waals surface area contributed by atoms with Crippen LogP contribution in [-0.4, -0.2) is 58.6 Å². The Hall–Kier alpha value is -1.67. The third-order valence-corrected chi connectivity index (χ3v) is 6.48. The fourth-order valence-corrected chi connectivity index (χ4v) is 4.18. The molecule has 0 heterocycles. The molecule has 0 saturated heterocycles. The van der Waals surface area contributed by atoms with Gasteiger partial charge in [0.25, 0.3) is 0 Å². The quantitative estimate of drug-likeness (QED) is 0.0859. The molecule has 0 bridgehead atoms. The van der Waals surface area contributed by atoms with Crippen molar-refractivity contribution in [2.24, 2.45) is 0 Å². The van der Waals surface area contributed by atoms with Crippen molar-refractivity contribution in [2.75, 3.05) is 13.2 Å². The number of carboxylic acids is 1. The van der Waals surface area contributed by atoms with Crippen LogP contribution in [0, 0.1) is 0 Å². The van der Waals surface area contributed by atoms with Crippen LogP contribution in [0.3, 0.4) is 0 Å². The first-order chi connectivity index (χ1) is 17.9. The average molecular weight is 531 g/mol. The maximum absolute atomic E-state index is 11.8. The maximum atomic E-state index is 11.8. The standard InChI is InChI=1S/C29H54O8/c1-2-3-4-5-6-7-8-9-10-11-12-13-14-15-16-17-18-19-20-21-28(34)36-23-25(30)24-37-29(35)26(31)22-27(32)33/h25-26,30-31H,2-24H2,1H3,(H,32,33)/t25?,26-/m0/s1. The summed E-state index contributed by atoms with van der Waals surface area (Å²) in [5, 5.41) is 27.5. The molecule has 0 aliphatic heterocycles. The average Bonchev–Trinajstić information content (AvgIpc) is 2.86. The summed E-state index contributed by atoms with van der Waals surface area (Å²) in [4.78, 5) is 33.5. The van der Waals surface area contributed by atoms with Gasteiger partial charge in [0.2, 0.25) is 0 Å². The number of aliphatic hydroxyl groups is 2. The summed E-state index contributed by atoms with van der Waals surface area (Å²) in [6, 6.07) is 0. The molecule has 0 fully saturated rings. The minimum absolute atomic E-state index is 0.280. The first-order valence-electron chi connectivity index (χ1n) is 14.8. The zero-order chi connectivity index (χ0) is 27.6. The molecule has 0 aromatic heterocycles. The molecule has 0 aromatic carbocycles. The number of carboxylic acid groups (broad SMARTS) is 1. The number of rotatable bonds is 27. The van der Waals surface area contributed by atoms with E-state index in [1.165, 1.54) is 103 Å². The first kappa shape index (κ1) is 35.3. The molecule has 0 rings (SSSR count). The molecule has 0 radical (unpaired) electrons. The van der Waals surface area contributed by atoms with E-state index in [2.05, 4.69) is 11.7 Å². The third-order valence-electron chi connectivity index (χ3n) is 6.48. The Morgan fingerprint density at radius 3 is 1.38 bits per heavy atom. The number of carbonyl (C=O) groups is 3. The van der Waals surface area contributed by atoms with Crippen molar-refractivity contribution in [1.82, 2.24) is 0 Å². The molecule has 3 N–H and O–H groups in total. The molecule has 218 valence electrons. The number of hydrogen-bond acceptors (Lipinski definition) is 7. The lowest BCUT2D eigenvalue weighted by atomic mass is 10.0. The van der Waals surface area contributed by atoms with Crippen LogP contribution in [-0.2, 0) is 23.9 Å². The van der Waals surface area contributed by atoms with Gasteiger partial charge in [-0.2, -0.15) is 0 Å². The number of esters is 2. The van der Waals surface area contributed by atoms with Crippen molar-refractivity contribution in [1.29, 1.82) is 0 Å². The molecule has 0 spiro atoms. The summed E-state index contributed by atoms with van der Waals surface area (Å²) in [5.41, 5.74) is 0. The van der Waals surface area contributed by atoms with Gasteiger partial charge in [-0.3, -0.25) is 9.59 Å². The molecule has 2 atom stereocenters. The van der Waals surface area contributed by atoms with Crippen LogP contribution >= 0.6 is 0 Å². The SMILES string of the molecule is CCCCCCCCCCCCCCCCCCCCCC(=O)OCC(O)COC(=O)[C@@H](O)CC(=O)O. The molecular weight excluding hydrogens is 476 g/mol. The lowest BCUT2D eigenvalue weighted by molar-refractivity contribution is -0.162. The normalized spacial score (nSPS) is 12.7. The van der Waals surface area contributed by atoms with Gasteiger partial charge in [0, 0.05) is 6.42 Å². The van der Waals surface area contributed by atoms with E-state index in [9.17, 15) is 24.6 Å². The van der Waals surface area contributed by atoms with Gasteiger partial charge in [-0.05, 0) is 6.42 Å². The predicted octanol–water partition coefficient (Wildman–Crippen LogP) is 6.09. The van der Waals surface area contributed by atoms with Gasteiger partial charge in [-0.1, -0.05) is 122 Å². The molecule has 0 aliphatic carbocycles. The summed E-state index contributed by atoms with van der Waals surface area (Å²) in [6.45, 7) is 1.46. The van der Waals surface area contributed by atoms with Crippen LogP contribution < -0.4 is 0 Å². The van der Waals surface area contributed by atoms with Crippen LogP contribution in [0.15, 0.2) is 0 Å². The van der Waals surface area contributed by atoms with E-state index in [4.69, 9.17) is 9.84 Å². The fraction of sp³-hybridized carbons (Fsp3) is 0.897. The number of hydrogen-bond donors (Lipinski definition) is 3. The van der Waals surface area contributed by atoms with E-state index in [0.717, 1.165) is 19.3 Å². The molecule has 8 nitrogen and oxygen atoms in total. The van der Waals surface area contributed by atoms with Gasteiger partial charge < -0.3 is 24.8 Å². The Morgan fingerprint density at radius 1 is 0.595 bits per heavy atom. The smallest absolute Gasteiger partial charge is 0.335 e. The minimum atomic E-state index is -1.79. The monoisotopic (exact) mass is 530 g/mol. The maximum Gasteiger partial charge on any atom is 0.335 e. The summed E-state index contributed by atoms with van der Waals surface area (Å²) in [7, 11) is 0. The van der Waals surface area contributed by atoms with Gasteiger partial charge in [-0.25, -0.2) is 4.79 Å². The summed E-state index contributed by atoms with van der Waals surface area (Å²) < 4.78 is 9.57. The van der Waals surface area contributed by atoms with Crippen molar-refractivity contribution in [3.05, 3.63) is 0 Å². The first-order valence-corrected chi connectivity index (χ1v) is 14.8. The molecule has 0 saturated carbocycles. The Labute approximate surface area is 224 Å². The van der Waals surface area contributed by atoms with Crippen LogP contribution in [0.1, 0.15) is 142 Å². The van der Waals surface area contributed by atoms with Crippen molar-refractivity contribution in [3.8, 4) is 0 Å². The second-order valence-electron chi connectivity index (χ2n) is 10.2. The molecular formula is C29H54O8. The zero-order valence-electron chi connectivity index (χ0n) is 23.3. The zero-order valence-corrected chi connectivity index (χ0v) is 23.3. The second kappa shape index (κ2) is 26.0. The van der Waals surface area contributed by atoms with Crippen molar-refractivity contribution in [3.63, 3.8) is 0 Å². The van der Waals surface area contributed by atoms with Crippen LogP contribution in [0.25, 0.3) is 0 Å². The van der Waals surface area contributed by atoms with Gasteiger partial charge in [0.05, 0.1) is 6.42 Å². The number of unbranched alkanes of at least 4 members (excludes halogenated alkanes) is 18. The van der Waals surface area contributed by atoms with Crippen molar-refractivity contribution >= 4 is 17.9 Å². The lowest BCUT2D eigenvalue weighted by Gasteiger charge is -2.13. The minimum Gasteiger partial charge on any atom is -0.481 e. The van der Waals surface area contributed by atoms with E-state index in [-0.39, 0.29) is 13.0 Å². The Morgan fingerprint density at radius 2 is 0.973 bits per heavy atom. The van der Waals surface area contributed by atoms with Crippen molar-refractivity contribution in [2.45, 2.75) is 154 Å². The van der Waals surface area contributed by atoms with Crippen molar-refractivity contribution < 1.29 is 39.2 Å². The van der Waals surface area contributed by atoms with Gasteiger partial charge in [0.1, 0.15) is 19.3 Å². The van der Waals surface area contributed by atoms with E-state index < -0.39 is 43.1 Å². The van der Waals surface area contributed by atoms with Gasteiger partial charge in [-0.15, -0.1) is 0 Å². The molecule has 0 aromatic rings. The summed E-state index contributed by atoms with van der Waals surface area (Å²) in [5.74, 6) is -2.89. The molecule has 1 unspecified atom stereocenters. The third kappa shape index (κ3) is 25.7. The topological polar surface area (TPSA) is 130 Å². The Kier molecular flexibility index (Phi) is 24.8. The van der Waals surface area contributed by atoms with Crippen LogP contribution in [0.4, 0.5) is 0 Å². The lowest BCUT2D eigenvalue weighted by Crippen LogP contribution is -2.31. The summed E-state index contributed by atoms with van der Waals surface area (Å²) >= 11 is 0. The van der Waals surface area contributed by atoms with Gasteiger partial charge >= 0.3 is 17.9 Å². The van der Waals surface area contributed by atoms with Gasteiger partial charge in [0.15, 0.2) is 6.10 Å². The highest BCUT2D eigenvalue weighted by Crippen LogP contribution is 2.15. The van der Waals surface area contributed by atoms with E-state index in [0.29, 0.717) is 0 Å². The number of aliphatic carboxylic acids is 1. The fourth-order valence-electron chi connectivity index (χ4n) is 4.18. The van der Waals surface area contributed by atoms with Crippen LogP contribution in [0.5, 0.6) is 0 Å². The Balaban J connectivity index is 3.38. The second-order valence-corrected chi connectivity index (χ2v) is 10.2.